The normalized spacial score (nSPS) is 18.6. The van der Waals surface area contributed by atoms with E-state index in [-0.39, 0.29) is 5.41 Å². The molecule has 0 amide bonds. The molecular weight excluding hydrogens is 621 g/mol. The van der Waals surface area contributed by atoms with Gasteiger partial charge in [0.1, 0.15) is 0 Å². The van der Waals surface area contributed by atoms with Gasteiger partial charge in [0.05, 0.1) is 0 Å². The molecule has 2 unspecified atom stereocenters. The highest BCUT2D eigenvalue weighted by Crippen LogP contribution is 2.53. The number of thiophene rings is 1. The number of fused-ring (bicyclic) bond motifs is 11. The Bertz CT molecular complexity index is 2850. The second-order valence-corrected chi connectivity index (χ2v) is 15.8. The Kier molecular flexibility index (Phi) is 5.82. The van der Waals surface area contributed by atoms with Crippen molar-refractivity contribution >= 4 is 69.4 Å². The van der Waals surface area contributed by atoms with Gasteiger partial charge in [0.15, 0.2) is 0 Å². The Morgan fingerprint density at radius 1 is 0.520 bits per heavy atom. The summed E-state index contributed by atoms with van der Waals surface area (Å²) in [5.41, 5.74) is 10.8. The summed E-state index contributed by atoms with van der Waals surface area (Å²) in [6.45, 7) is 4.80. The molecule has 236 valence electrons. The fourth-order valence-corrected chi connectivity index (χ4v) is 10.6. The van der Waals surface area contributed by atoms with Gasteiger partial charge in [-0.15, -0.1) is 11.3 Å². The van der Waals surface area contributed by atoms with Gasteiger partial charge in [0, 0.05) is 37.4 Å². The van der Waals surface area contributed by atoms with Gasteiger partial charge in [0.25, 0.3) is 0 Å². The summed E-state index contributed by atoms with van der Waals surface area (Å²) in [7, 11) is 0. The molecule has 3 aliphatic rings. The van der Waals surface area contributed by atoms with E-state index in [1.807, 2.05) is 11.3 Å². The van der Waals surface area contributed by atoms with Crippen molar-refractivity contribution in [1.82, 2.24) is 0 Å². The van der Waals surface area contributed by atoms with Crippen molar-refractivity contribution in [3.63, 3.8) is 0 Å². The first-order valence-corrected chi connectivity index (χ1v) is 18.6. The zero-order valence-corrected chi connectivity index (χ0v) is 28.9. The molecule has 50 heavy (non-hydrogen) atoms. The summed E-state index contributed by atoms with van der Waals surface area (Å²) in [5.74, 6) is 0.727. The molecule has 0 fully saturated rings. The zero-order chi connectivity index (χ0) is 33.1. The average molecular weight is 655 g/mol. The second kappa shape index (κ2) is 10.3. The molecule has 0 aliphatic heterocycles. The Morgan fingerprint density at radius 3 is 1.96 bits per heavy atom. The van der Waals surface area contributed by atoms with Crippen molar-refractivity contribution in [1.29, 1.82) is 0 Å². The fourth-order valence-electron chi connectivity index (χ4n) is 9.47. The maximum absolute atomic E-state index is 2.51. The lowest BCUT2D eigenvalue weighted by Crippen LogP contribution is -2.15. The molecule has 1 heteroatoms. The summed E-state index contributed by atoms with van der Waals surface area (Å²) in [6.07, 6.45) is 16.1. The molecule has 7 aromatic carbocycles. The van der Waals surface area contributed by atoms with Gasteiger partial charge in [-0.2, -0.15) is 0 Å². The summed E-state index contributed by atoms with van der Waals surface area (Å²) in [6, 6.07) is 44.0. The molecule has 0 radical (unpaired) electrons. The highest BCUT2D eigenvalue weighted by molar-refractivity contribution is 7.26. The lowest BCUT2D eigenvalue weighted by molar-refractivity contribution is 0.661. The predicted molar refractivity (Wildman–Crippen MR) is 217 cm³/mol. The first-order chi connectivity index (χ1) is 24.6. The van der Waals surface area contributed by atoms with Gasteiger partial charge < -0.3 is 0 Å². The molecule has 0 spiro atoms. The van der Waals surface area contributed by atoms with Gasteiger partial charge in [0.2, 0.25) is 0 Å². The topological polar surface area (TPSA) is 0 Å². The van der Waals surface area contributed by atoms with Crippen molar-refractivity contribution in [2.45, 2.75) is 19.3 Å². The van der Waals surface area contributed by atoms with E-state index in [4.69, 9.17) is 0 Å². The van der Waals surface area contributed by atoms with Crippen molar-refractivity contribution in [3.8, 4) is 22.3 Å². The van der Waals surface area contributed by atoms with Gasteiger partial charge >= 0.3 is 0 Å². The lowest BCUT2D eigenvalue weighted by atomic mass is 9.74. The Morgan fingerprint density at radius 2 is 1.18 bits per heavy atom. The van der Waals surface area contributed by atoms with Crippen LogP contribution in [-0.4, -0.2) is 0 Å². The number of benzene rings is 7. The van der Waals surface area contributed by atoms with Crippen LogP contribution in [0.25, 0.3) is 80.3 Å². The molecule has 0 bridgehead atoms. The number of allylic oxidation sites excluding steroid dienone is 8. The van der Waals surface area contributed by atoms with E-state index < -0.39 is 0 Å². The van der Waals surface area contributed by atoms with Gasteiger partial charge in [-0.05, 0) is 107 Å². The van der Waals surface area contributed by atoms with Crippen molar-refractivity contribution in [3.05, 3.63) is 174 Å². The first-order valence-electron chi connectivity index (χ1n) is 17.8. The highest BCUT2D eigenvalue weighted by Gasteiger charge is 2.36. The fraction of sp³-hybridized carbons (Fsp3) is 0.102. The molecule has 1 heterocycles. The second-order valence-electron chi connectivity index (χ2n) is 14.8. The number of rotatable bonds is 2. The molecule has 1 aromatic heterocycles. The van der Waals surface area contributed by atoms with Crippen LogP contribution in [0.4, 0.5) is 0 Å². The maximum atomic E-state index is 2.51. The molecule has 11 rings (SSSR count). The van der Waals surface area contributed by atoms with Crippen LogP contribution in [0.3, 0.4) is 0 Å². The smallest absolute Gasteiger partial charge is 0.0361 e. The third-order valence-corrected chi connectivity index (χ3v) is 12.9. The monoisotopic (exact) mass is 654 g/mol. The highest BCUT2D eigenvalue weighted by atomic mass is 32.1. The molecule has 0 N–H and O–H groups in total. The summed E-state index contributed by atoms with van der Waals surface area (Å²) >= 11 is 1.90. The van der Waals surface area contributed by atoms with E-state index in [2.05, 4.69) is 172 Å². The van der Waals surface area contributed by atoms with Crippen LogP contribution < -0.4 is 0 Å². The van der Waals surface area contributed by atoms with E-state index in [0.29, 0.717) is 11.8 Å². The minimum Gasteiger partial charge on any atom is -0.135 e. The molecule has 0 saturated carbocycles. The van der Waals surface area contributed by atoms with Gasteiger partial charge in [-0.1, -0.05) is 141 Å². The predicted octanol–water partition coefficient (Wildman–Crippen LogP) is 13.8. The Hall–Kier alpha value is -5.50. The van der Waals surface area contributed by atoms with Crippen LogP contribution in [0.5, 0.6) is 0 Å². The summed E-state index contributed by atoms with van der Waals surface area (Å²) in [5, 5.41) is 10.7. The quantitative estimate of drug-likeness (QED) is 0.163. The molecule has 0 nitrogen and oxygen atoms in total. The number of hydrogen-bond acceptors (Lipinski definition) is 1. The third-order valence-electron chi connectivity index (χ3n) is 11.8. The van der Waals surface area contributed by atoms with Crippen molar-refractivity contribution in [2.75, 3.05) is 0 Å². The summed E-state index contributed by atoms with van der Waals surface area (Å²) < 4.78 is 2.71. The van der Waals surface area contributed by atoms with Crippen LogP contribution in [0, 0.1) is 11.8 Å². The minimum atomic E-state index is -0.0868. The zero-order valence-electron chi connectivity index (χ0n) is 28.1. The molecular formula is C49H34S. The van der Waals surface area contributed by atoms with E-state index in [9.17, 15) is 0 Å². The maximum Gasteiger partial charge on any atom is 0.0361 e. The molecule has 3 aliphatic carbocycles. The van der Waals surface area contributed by atoms with Crippen molar-refractivity contribution in [2.24, 2.45) is 11.8 Å². The molecule has 2 atom stereocenters. The van der Waals surface area contributed by atoms with Crippen molar-refractivity contribution < 1.29 is 0 Å². The van der Waals surface area contributed by atoms with Crippen LogP contribution in [0.2, 0.25) is 0 Å². The standard InChI is InChI=1S/C49H34S/c1-49(2)42-24-22-31(26-40(42)41-28-39-30(27-43(41)49)23-25-45-48(39)38-19-9-10-21-44(38)50-45)46-34-15-5-7-17-36(34)47(37-18-8-6-16-35(37)46)33-20-11-13-29-12-3-4-14-32(29)33/h3-29,32H,1-2H3. The number of hydrogen-bond donors (Lipinski definition) is 0. The molecule has 0 saturated heterocycles. The van der Waals surface area contributed by atoms with E-state index in [0.717, 1.165) is 0 Å². The lowest BCUT2D eigenvalue weighted by Gasteiger charge is -2.29. The van der Waals surface area contributed by atoms with Crippen LogP contribution >= 0.6 is 11.3 Å². The summed E-state index contributed by atoms with van der Waals surface area (Å²) in [4.78, 5) is 0. The molecule has 8 aromatic rings. The van der Waals surface area contributed by atoms with Gasteiger partial charge in [-0.3, -0.25) is 0 Å². The van der Waals surface area contributed by atoms with Crippen LogP contribution in [-0.2, 0) is 5.41 Å². The van der Waals surface area contributed by atoms with E-state index >= 15 is 0 Å². The minimum absolute atomic E-state index is 0.0868. The van der Waals surface area contributed by atoms with E-state index in [1.165, 1.54) is 97.0 Å². The SMILES string of the molecule is CC1(C)c2ccc(-c3c4ccccc4c(C4=CC=CC5C=CC=CC45)c4ccccc34)cc2-c2cc3c(ccc4sc5ccccc5c43)cc21. The van der Waals surface area contributed by atoms with Gasteiger partial charge in [-0.25, -0.2) is 0 Å². The Balaban J connectivity index is 1.17. The largest absolute Gasteiger partial charge is 0.135 e. The average Bonchev–Trinajstić information content (AvgIpc) is 3.64. The van der Waals surface area contributed by atoms with Crippen LogP contribution in [0.1, 0.15) is 30.5 Å². The van der Waals surface area contributed by atoms with E-state index in [1.54, 1.807) is 0 Å². The third kappa shape index (κ3) is 3.82. The Labute approximate surface area is 296 Å². The first kappa shape index (κ1) is 28.3. The van der Waals surface area contributed by atoms with Crippen LogP contribution in [0.15, 0.2) is 158 Å².